The highest BCUT2D eigenvalue weighted by atomic mass is 16.4. The summed E-state index contributed by atoms with van der Waals surface area (Å²) in [7, 11) is 2.90. The first kappa shape index (κ1) is 37.2. The van der Waals surface area contributed by atoms with Crippen LogP contribution in [0.4, 0.5) is 0 Å². The molecule has 0 heterocycles. The predicted octanol–water partition coefficient (Wildman–Crippen LogP) is 3.08. The Kier molecular flexibility index (Phi) is 9.90. The Morgan fingerprint density at radius 3 is 2.15 bits per heavy atom. The molecule has 276 valence electrons. The summed E-state index contributed by atoms with van der Waals surface area (Å²) in [6.45, 7) is 6.01. The van der Waals surface area contributed by atoms with E-state index in [1.54, 1.807) is 13.0 Å². The van der Waals surface area contributed by atoms with Crippen molar-refractivity contribution >= 4 is 29.1 Å². The van der Waals surface area contributed by atoms with E-state index in [-0.39, 0.29) is 17.9 Å². The first-order valence-electron chi connectivity index (χ1n) is 17.3. The highest BCUT2D eigenvalue weighted by Gasteiger charge is 2.68. The lowest BCUT2D eigenvalue weighted by Crippen LogP contribution is -2.70. The van der Waals surface area contributed by atoms with Gasteiger partial charge in [0, 0.05) is 17.9 Å². The molecule has 3 aliphatic rings. The molecule has 0 aromatic heterocycles. The van der Waals surface area contributed by atoms with Gasteiger partial charge in [-0.25, -0.2) is 0 Å². The Hall–Kier alpha value is -5.56. The number of primary amides is 1. The number of hydrogen-bond donors (Lipinski definition) is 7. The average Bonchev–Trinajstić information content (AvgIpc) is 3.12. The van der Waals surface area contributed by atoms with Crippen LogP contribution >= 0.6 is 0 Å². The number of hydrogen-bond acceptors (Lipinski definition) is 10. The standard InChI is InChI=1S/C41H43N3O9/c1-20(19-23-13-9-6-10-14-23)33(43-26(46)18-15-22-11-7-5-8-12-22)24-16-17-25(45)29-27(24)21(2)28-30(35(29)47)38(50)41(53)32(36(28)48)34(44(3)4)37(49)31(39(41)51)40(42)52/h5-14,16-17,21,28,32-34,36,45,47-48,51,53H,1,15,18-19H2,2-4H3,(H2,42,52)(H,43,46)/t21-,28+,32+,33?,34-,36-,41-/m1/s1. The summed E-state index contributed by atoms with van der Waals surface area (Å²) < 4.78 is 0. The second-order valence-corrected chi connectivity index (χ2v) is 14.3. The summed E-state index contributed by atoms with van der Waals surface area (Å²) >= 11 is 0. The number of carbonyl (C=O) groups excluding carboxylic acids is 4. The first-order chi connectivity index (χ1) is 25.1. The predicted molar refractivity (Wildman–Crippen MR) is 195 cm³/mol. The lowest BCUT2D eigenvalue weighted by Gasteiger charge is -2.54. The normalized spacial score (nSPS) is 25.7. The molecule has 53 heavy (non-hydrogen) atoms. The van der Waals surface area contributed by atoms with Crippen LogP contribution in [0.25, 0.3) is 5.76 Å². The van der Waals surface area contributed by atoms with Crippen LogP contribution in [0.2, 0.25) is 0 Å². The fourth-order valence-corrected chi connectivity index (χ4v) is 8.48. The average molecular weight is 722 g/mol. The van der Waals surface area contributed by atoms with Gasteiger partial charge in [0.15, 0.2) is 11.4 Å². The van der Waals surface area contributed by atoms with Crippen LogP contribution in [-0.4, -0.2) is 85.7 Å². The van der Waals surface area contributed by atoms with Crippen LogP contribution in [0, 0.1) is 11.8 Å². The Morgan fingerprint density at radius 2 is 1.57 bits per heavy atom. The van der Waals surface area contributed by atoms with Crippen molar-refractivity contribution in [3.8, 4) is 5.75 Å². The molecule has 3 aliphatic carbocycles. The fourth-order valence-electron chi connectivity index (χ4n) is 8.48. The molecule has 2 amide bonds. The van der Waals surface area contributed by atoms with E-state index in [1.165, 1.54) is 25.1 Å². The van der Waals surface area contributed by atoms with Gasteiger partial charge in [-0.15, -0.1) is 0 Å². The van der Waals surface area contributed by atoms with Crippen molar-refractivity contribution in [3.63, 3.8) is 0 Å². The number of nitrogens with zero attached hydrogens (tertiary/aromatic N) is 1. The third-order valence-electron chi connectivity index (χ3n) is 10.9. The van der Waals surface area contributed by atoms with Gasteiger partial charge in [0.05, 0.1) is 29.7 Å². The van der Waals surface area contributed by atoms with E-state index in [1.807, 2.05) is 60.7 Å². The molecule has 0 aliphatic heterocycles. The molecule has 12 heteroatoms. The molecule has 1 fully saturated rings. The van der Waals surface area contributed by atoms with Gasteiger partial charge in [-0.2, -0.15) is 0 Å². The largest absolute Gasteiger partial charge is 0.508 e. The molecule has 3 aromatic carbocycles. The number of likely N-dealkylation sites (N-methyl/N-ethyl adjacent to an activating group) is 1. The van der Waals surface area contributed by atoms with Gasteiger partial charge in [0.25, 0.3) is 5.91 Å². The number of carbonyl (C=O) groups is 4. The molecule has 0 bridgehead atoms. The van der Waals surface area contributed by atoms with E-state index in [2.05, 4.69) is 11.9 Å². The number of phenols is 1. The van der Waals surface area contributed by atoms with E-state index in [4.69, 9.17) is 5.73 Å². The van der Waals surface area contributed by atoms with Gasteiger partial charge in [-0.1, -0.05) is 80.2 Å². The number of aromatic hydroxyl groups is 1. The molecule has 1 saturated carbocycles. The van der Waals surface area contributed by atoms with Crippen LogP contribution in [0.3, 0.4) is 0 Å². The fraction of sp³-hybridized carbons (Fsp3) is 0.317. The van der Waals surface area contributed by atoms with Gasteiger partial charge >= 0.3 is 0 Å². The number of aliphatic hydroxyl groups is 4. The van der Waals surface area contributed by atoms with Gasteiger partial charge < -0.3 is 36.6 Å². The number of Topliss-reactive ketones (excluding diaryl/α,β-unsaturated/α-hetero) is 2. The van der Waals surface area contributed by atoms with Crippen LogP contribution in [0.15, 0.2) is 102 Å². The lowest BCUT2D eigenvalue weighted by atomic mass is 9.54. The van der Waals surface area contributed by atoms with Crippen LogP contribution < -0.4 is 11.1 Å². The molecule has 12 nitrogen and oxygen atoms in total. The number of aliphatic hydroxyl groups excluding tert-OH is 3. The molecule has 3 aromatic rings. The molecule has 8 N–H and O–H groups in total. The van der Waals surface area contributed by atoms with E-state index in [0.29, 0.717) is 29.5 Å². The van der Waals surface area contributed by atoms with Gasteiger partial charge in [-0.3, -0.25) is 24.1 Å². The number of nitrogens with two attached hydrogens (primary N) is 1. The summed E-state index contributed by atoms with van der Waals surface area (Å²) in [4.78, 5) is 55.3. The molecular formula is C41H43N3O9. The number of aryl methyl sites for hydroxylation is 1. The zero-order valence-electron chi connectivity index (χ0n) is 29.6. The maximum atomic E-state index is 14.4. The Bertz CT molecular complexity index is 2070. The molecule has 6 rings (SSSR count). The van der Waals surface area contributed by atoms with Crippen molar-refractivity contribution in [1.82, 2.24) is 10.2 Å². The third-order valence-corrected chi connectivity index (χ3v) is 10.9. The third kappa shape index (κ3) is 6.12. The lowest BCUT2D eigenvalue weighted by molar-refractivity contribution is -0.169. The van der Waals surface area contributed by atoms with E-state index in [0.717, 1.165) is 11.1 Å². The van der Waals surface area contributed by atoms with Crippen molar-refractivity contribution in [3.05, 3.63) is 130 Å². The Morgan fingerprint density at radius 1 is 0.962 bits per heavy atom. The Balaban J connectivity index is 1.50. The highest BCUT2D eigenvalue weighted by Crippen LogP contribution is 2.57. The maximum Gasteiger partial charge on any atom is 0.255 e. The van der Waals surface area contributed by atoms with Crippen LogP contribution in [0.1, 0.15) is 53.1 Å². The van der Waals surface area contributed by atoms with E-state index in [9.17, 15) is 44.7 Å². The minimum absolute atomic E-state index is 0.143. The minimum atomic E-state index is -3.03. The van der Waals surface area contributed by atoms with E-state index < -0.39 is 87.4 Å². The number of ketones is 2. The number of amides is 2. The zero-order chi connectivity index (χ0) is 38.5. The topological polar surface area (TPSA) is 211 Å². The number of benzene rings is 3. The summed E-state index contributed by atoms with van der Waals surface area (Å²) in [5.74, 6) is -10.3. The molecule has 0 spiro atoms. The van der Waals surface area contributed by atoms with Crippen molar-refractivity contribution in [2.75, 3.05) is 14.1 Å². The van der Waals surface area contributed by atoms with Gasteiger partial charge in [0.1, 0.15) is 22.8 Å². The minimum Gasteiger partial charge on any atom is -0.508 e. The summed E-state index contributed by atoms with van der Waals surface area (Å²) in [6.07, 6.45) is -0.813. The van der Waals surface area contributed by atoms with Crippen molar-refractivity contribution < 1.29 is 44.7 Å². The van der Waals surface area contributed by atoms with E-state index >= 15 is 0 Å². The molecule has 0 saturated heterocycles. The van der Waals surface area contributed by atoms with Gasteiger partial charge in [-0.05, 0) is 66.7 Å². The summed E-state index contributed by atoms with van der Waals surface area (Å²) in [5.41, 5.74) is 3.93. The molecule has 1 unspecified atom stereocenters. The number of phenolic OH excluding ortho intramolecular Hbond substituents is 1. The Labute approximate surface area is 306 Å². The number of nitrogens with one attached hydrogen (secondary N) is 1. The first-order valence-corrected chi connectivity index (χ1v) is 17.3. The monoisotopic (exact) mass is 721 g/mol. The summed E-state index contributed by atoms with van der Waals surface area (Å²) in [6, 6.07) is 19.5. The quantitative estimate of drug-likeness (QED) is 0.120. The highest BCUT2D eigenvalue weighted by molar-refractivity contribution is 6.24. The van der Waals surface area contributed by atoms with Crippen molar-refractivity contribution in [1.29, 1.82) is 0 Å². The molecular weight excluding hydrogens is 678 g/mol. The smallest absolute Gasteiger partial charge is 0.255 e. The summed E-state index contributed by atoms with van der Waals surface area (Å²) in [5, 5.41) is 61.7. The van der Waals surface area contributed by atoms with Gasteiger partial charge in [0.2, 0.25) is 11.7 Å². The van der Waals surface area contributed by atoms with Crippen LogP contribution in [-0.2, 0) is 32.0 Å². The number of fused-ring (bicyclic) bond motifs is 3. The second-order valence-electron chi connectivity index (χ2n) is 14.3. The number of rotatable bonds is 10. The SMILES string of the molecule is C=C(Cc1ccccc1)C(NC(=O)CCc1ccccc1)c1ccc(O)c2c1[C@@H](C)[C@H]1C(=C2O)C(=O)[C@@]2(O)C(O)=C(C(N)=O)C(=O)[C@H](N(C)C)[C@H]2[C@@H]1O. The zero-order valence-corrected chi connectivity index (χ0v) is 29.6. The van der Waals surface area contributed by atoms with Crippen molar-refractivity contribution in [2.45, 2.75) is 55.9 Å². The molecule has 0 radical (unpaired) electrons. The second kappa shape index (κ2) is 14.1. The van der Waals surface area contributed by atoms with Crippen LogP contribution in [0.5, 0.6) is 5.75 Å². The molecule has 7 atom stereocenters. The maximum absolute atomic E-state index is 14.4. The van der Waals surface area contributed by atoms with Crippen molar-refractivity contribution in [2.24, 2.45) is 17.6 Å².